The van der Waals surface area contributed by atoms with Crippen LogP contribution in [0.3, 0.4) is 0 Å². The standard InChI is InChI=1S/C15H22N2O/c1-17-11-5-4-7-14(17)10-9-13-6-2-3-8-15(13)16-12-18/h2-3,6,8,12,14H,4-5,7,9-11H2,1H3,(H,16,18)/t14-/m1/s1. The Morgan fingerprint density at radius 2 is 2.22 bits per heavy atom. The third-order valence-corrected chi connectivity index (χ3v) is 3.90. The molecule has 3 heteroatoms. The Hall–Kier alpha value is -1.35. The van der Waals surface area contributed by atoms with Gasteiger partial charge < -0.3 is 10.2 Å². The Balaban J connectivity index is 1.94. The van der Waals surface area contributed by atoms with Gasteiger partial charge in [-0.05, 0) is 50.9 Å². The van der Waals surface area contributed by atoms with Crippen LogP contribution in [0.2, 0.25) is 0 Å². The Morgan fingerprint density at radius 3 is 3.00 bits per heavy atom. The summed E-state index contributed by atoms with van der Waals surface area (Å²) in [7, 11) is 2.22. The van der Waals surface area contributed by atoms with Crippen molar-refractivity contribution in [1.29, 1.82) is 0 Å². The quantitative estimate of drug-likeness (QED) is 0.810. The Kier molecular flexibility index (Phi) is 4.76. The van der Waals surface area contributed by atoms with Gasteiger partial charge in [0.1, 0.15) is 0 Å². The number of likely N-dealkylation sites (tertiary alicyclic amines) is 1. The van der Waals surface area contributed by atoms with Crippen LogP contribution in [-0.2, 0) is 11.2 Å². The van der Waals surface area contributed by atoms with Crippen LogP contribution in [0, 0.1) is 0 Å². The lowest BCUT2D eigenvalue weighted by Gasteiger charge is -2.32. The van der Waals surface area contributed by atoms with E-state index in [4.69, 9.17) is 0 Å². The monoisotopic (exact) mass is 246 g/mol. The van der Waals surface area contributed by atoms with Crippen LogP contribution < -0.4 is 5.32 Å². The Labute approximate surface area is 109 Å². The minimum absolute atomic E-state index is 0.697. The lowest BCUT2D eigenvalue weighted by atomic mass is 9.96. The van der Waals surface area contributed by atoms with Crippen LogP contribution in [0.5, 0.6) is 0 Å². The molecule has 1 amide bonds. The number of carbonyl (C=O) groups is 1. The molecule has 1 N–H and O–H groups in total. The van der Waals surface area contributed by atoms with E-state index in [0.717, 1.165) is 18.5 Å². The van der Waals surface area contributed by atoms with E-state index in [-0.39, 0.29) is 0 Å². The van der Waals surface area contributed by atoms with Gasteiger partial charge in [0.15, 0.2) is 0 Å². The Morgan fingerprint density at radius 1 is 1.39 bits per heavy atom. The van der Waals surface area contributed by atoms with E-state index in [1.54, 1.807) is 0 Å². The van der Waals surface area contributed by atoms with Gasteiger partial charge in [-0.2, -0.15) is 0 Å². The zero-order valence-electron chi connectivity index (χ0n) is 11.1. The van der Waals surface area contributed by atoms with Crippen molar-refractivity contribution in [1.82, 2.24) is 4.90 Å². The van der Waals surface area contributed by atoms with Gasteiger partial charge in [-0.1, -0.05) is 24.6 Å². The SMILES string of the molecule is CN1CCCC[C@@H]1CCc1ccccc1NC=O. The number of nitrogens with zero attached hydrogens (tertiary/aromatic N) is 1. The van der Waals surface area contributed by atoms with E-state index in [9.17, 15) is 4.79 Å². The molecule has 0 unspecified atom stereocenters. The molecule has 1 aliphatic rings. The van der Waals surface area contributed by atoms with Crippen LogP contribution in [0.1, 0.15) is 31.2 Å². The highest BCUT2D eigenvalue weighted by Gasteiger charge is 2.18. The summed E-state index contributed by atoms with van der Waals surface area (Å²) < 4.78 is 0. The summed E-state index contributed by atoms with van der Waals surface area (Å²) in [4.78, 5) is 13.0. The van der Waals surface area contributed by atoms with Crippen LogP contribution in [0.4, 0.5) is 5.69 Å². The number of carbonyl (C=O) groups excluding carboxylic acids is 1. The first-order valence-corrected chi connectivity index (χ1v) is 6.79. The largest absolute Gasteiger partial charge is 0.328 e. The molecule has 1 aromatic rings. The molecule has 1 fully saturated rings. The molecule has 0 radical (unpaired) electrons. The second-order valence-electron chi connectivity index (χ2n) is 5.09. The van der Waals surface area contributed by atoms with Gasteiger partial charge in [0.05, 0.1) is 0 Å². The van der Waals surface area contributed by atoms with Crippen molar-refractivity contribution in [3.63, 3.8) is 0 Å². The van der Waals surface area contributed by atoms with Gasteiger partial charge in [-0.15, -0.1) is 0 Å². The minimum Gasteiger partial charge on any atom is -0.328 e. The van der Waals surface area contributed by atoms with Crippen molar-refractivity contribution < 1.29 is 4.79 Å². The van der Waals surface area contributed by atoms with E-state index in [1.165, 1.54) is 37.8 Å². The molecule has 3 nitrogen and oxygen atoms in total. The van der Waals surface area contributed by atoms with Crippen LogP contribution in [-0.4, -0.2) is 30.9 Å². The molecule has 18 heavy (non-hydrogen) atoms. The number of hydrogen-bond acceptors (Lipinski definition) is 2. The highest BCUT2D eigenvalue weighted by molar-refractivity contribution is 5.73. The van der Waals surface area contributed by atoms with Gasteiger partial charge in [0.25, 0.3) is 0 Å². The fraction of sp³-hybridized carbons (Fsp3) is 0.533. The molecule has 0 aliphatic carbocycles. The molecule has 0 aromatic heterocycles. The normalized spacial score (nSPS) is 20.6. The first-order chi connectivity index (χ1) is 8.81. The topological polar surface area (TPSA) is 32.3 Å². The summed E-state index contributed by atoms with van der Waals surface area (Å²) in [5, 5.41) is 2.78. The number of piperidine rings is 1. The lowest BCUT2D eigenvalue weighted by molar-refractivity contribution is -0.105. The second-order valence-corrected chi connectivity index (χ2v) is 5.09. The summed E-state index contributed by atoms with van der Waals surface area (Å²) in [6.07, 6.45) is 6.95. The number of para-hydroxylation sites is 1. The molecule has 0 bridgehead atoms. The predicted molar refractivity (Wildman–Crippen MR) is 74.7 cm³/mol. The molecule has 1 atom stereocenters. The van der Waals surface area contributed by atoms with Gasteiger partial charge in [-0.3, -0.25) is 4.79 Å². The van der Waals surface area contributed by atoms with Crippen LogP contribution in [0.15, 0.2) is 24.3 Å². The summed E-state index contributed by atoms with van der Waals surface area (Å²) in [5.41, 5.74) is 2.19. The van der Waals surface area contributed by atoms with Crippen LogP contribution in [0.25, 0.3) is 0 Å². The molecule has 1 saturated heterocycles. The smallest absolute Gasteiger partial charge is 0.211 e. The zero-order valence-corrected chi connectivity index (χ0v) is 11.1. The molecule has 0 saturated carbocycles. The number of amides is 1. The number of anilines is 1. The molecule has 2 rings (SSSR count). The molecule has 1 aliphatic heterocycles. The highest BCUT2D eigenvalue weighted by Crippen LogP contribution is 2.22. The van der Waals surface area contributed by atoms with Crippen molar-refractivity contribution in [3.8, 4) is 0 Å². The van der Waals surface area contributed by atoms with Crippen molar-refractivity contribution in [3.05, 3.63) is 29.8 Å². The number of hydrogen-bond donors (Lipinski definition) is 1. The summed E-state index contributed by atoms with van der Waals surface area (Å²) in [5.74, 6) is 0. The maximum atomic E-state index is 10.6. The van der Waals surface area contributed by atoms with E-state index in [0.29, 0.717) is 6.04 Å². The molecule has 0 spiro atoms. The third kappa shape index (κ3) is 3.33. The fourth-order valence-electron chi connectivity index (χ4n) is 2.77. The number of aryl methyl sites for hydroxylation is 1. The predicted octanol–water partition coefficient (Wildman–Crippen LogP) is 2.67. The van der Waals surface area contributed by atoms with E-state index in [2.05, 4.69) is 23.3 Å². The summed E-state index contributed by atoms with van der Waals surface area (Å²) in [6.45, 7) is 1.22. The summed E-state index contributed by atoms with van der Waals surface area (Å²) >= 11 is 0. The average molecular weight is 246 g/mol. The van der Waals surface area contributed by atoms with Crippen molar-refractivity contribution in [2.75, 3.05) is 18.9 Å². The first kappa shape index (κ1) is 13.1. The van der Waals surface area contributed by atoms with E-state index >= 15 is 0 Å². The fourth-order valence-corrected chi connectivity index (χ4v) is 2.77. The van der Waals surface area contributed by atoms with Gasteiger partial charge in [-0.25, -0.2) is 0 Å². The zero-order chi connectivity index (χ0) is 12.8. The molecule has 1 heterocycles. The van der Waals surface area contributed by atoms with Crippen molar-refractivity contribution >= 4 is 12.1 Å². The average Bonchev–Trinajstić information content (AvgIpc) is 2.40. The molecule has 98 valence electrons. The number of benzene rings is 1. The maximum Gasteiger partial charge on any atom is 0.211 e. The third-order valence-electron chi connectivity index (χ3n) is 3.90. The summed E-state index contributed by atoms with van der Waals surface area (Å²) in [6, 6.07) is 8.77. The lowest BCUT2D eigenvalue weighted by Crippen LogP contribution is -2.36. The molecular weight excluding hydrogens is 224 g/mol. The second kappa shape index (κ2) is 6.55. The van der Waals surface area contributed by atoms with Crippen molar-refractivity contribution in [2.24, 2.45) is 0 Å². The van der Waals surface area contributed by atoms with E-state index in [1.807, 2.05) is 18.2 Å². The number of rotatable bonds is 5. The number of nitrogens with one attached hydrogen (secondary N) is 1. The van der Waals surface area contributed by atoms with Crippen molar-refractivity contribution in [2.45, 2.75) is 38.1 Å². The minimum atomic E-state index is 0.697. The molecular formula is C15H22N2O. The van der Waals surface area contributed by atoms with Crippen LogP contribution >= 0.6 is 0 Å². The van der Waals surface area contributed by atoms with E-state index < -0.39 is 0 Å². The highest BCUT2D eigenvalue weighted by atomic mass is 16.1. The van der Waals surface area contributed by atoms with Gasteiger partial charge in [0.2, 0.25) is 6.41 Å². The first-order valence-electron chi connectivity index (χ1n) is 6.79. The van der Waals surface area contributed by atoms with Gasteiger partial charge >= 0.3 is 0 Å². The molecule has 1 aromatic carbocycles. The Bertz CT molecular complexity index is 392. The van der Waals surface area contributed by atoms with Gasteiger partial charge in [0, 0.05) is 11.7 Å². The maximum absolute atomic E-state index is 10.6.